The van der Waals surface area contributed by atoms with Gasteiger partial charge in [0, 0.05) is 30.9 Å². The topological polar surface area (TPSA) is 42.4 Å². The van der Waals surface area contributed by atoms with Crippen LogP contribution in [0.3, 0.4) is 0 Å². The van der Waals surface area contributed by atoms with Crippen molar-refractivity contribution < 1.29 is 9.53 Å². The van der Waals surface area contributed by atoms with Crippen molar-refractivity contribution in [2.24, 2.45) is 0 Å². The molecular weight excluding hydrogens is 336 g/mol. The van der Waals surface area contributed by atoms with Crippen LogP contribution in [0.5, 0.6) is 0 Å². The standard InChI is InChI=1S/C23H28N2O2/c1-2-3-4-5-20-8-12-22(24-18-20)21-10-6-19(7-11-21)9-13-23(26)25-14-16-27-17-15-25/h6-13,18H,2-5,14-17H2,1H3/b13-9+. The molecule has 1 fully saturated rings. The monoisotopic (exact) mass is 364 g/mol. The van der Waals surface area contributed by atoms with Crippen LogP contribution in [0, 0.1) is 0 Å². The van der Waals surface area contributed by atoms with Gasteiger partial charge in [-0.2, -0.15) is 0 Å². The number of ether oxygens (including phenoxy) is 1. The molecule has 2 aromatic rings. The van der Waals surface area contributed by atoms with Gasteiger partial charge in [-0.25, -0.2) is 0 Å². The molecule has 1 aromatic carbocycles. The van der Waals surface area contributed by atoms with E-state index in [-0.39, 0.29) is 5.91 Å². The second-order valence-electron chi connectivity index (χ2n) is 6.90. The quantitative estimate of drug-likeness (QED) is 0.542. The van der Waals surface area contributed by atoms with Crippen LogP contribution < -0.4 is 0 Å². The summed E-state index contributed by atoms with van der Waals surface area (Å²) in [5, 5.41) is 0. The average Bonchev–Trinajstić information content (AvgIpc) is 2.74. The molecule has 0 bridgehead atoms. The fraction of sp³-hybridized carbons (Fsp3) is 0.391. The maximum atomic E-state index is 12.2. The van der Waals surface area contributed by atoms with Crippen molar-refractivity contribution in [1.29, 1.82) is 0 Å². The number of benzene rings is 1. The first-order chi connectivity index (χ1) is 13.3. The van der Waals surface area contributed by atoms with Gasteiger partial charge in [-0.3, -0.25) is 9.78 Å². The number of aromatic nitrogens is 1. The molecule has 1 amide bonds. The summed E-state index contributed by atoms with van der Waals surface area (Å²) in [5.41, 5.74) is 4.38. The van der Waals surface area contributed by atoms with Gasteiger partial charge in [0.25, 0.3) is 0 Å². The first-order valence-corrected chi connectivity index (χ1v) is 9.86. The van der Waals surface area contributed by atoms with Crippen molar-refractivity contribution in [3.05, 3.63) is 59.8 Å². The van der Waals surface area contributed by atoms with E-state index in [2.05, 4.69) is 36.2 Å². The lowest BCUT2D eigenvalue weighted by molar-refractivity contribution is -0.129. The highest BCUT2D eigenvalue weighted by molar-refractivity contribution is 5.91. The van der Waals surface area contributed by atoms with E-state index in [1.807, 2.05) is 29.3 Å². The molecular formula is C23H28N2O2. The minimum atomic E-state index is 0.0442. The van der Waals surface area contributed by atoms with E-state index >= 15 is 0 Å². The highest BCUT2D eigenvalue weighted by Gasteiger charge is 2.13. The molecule has 1 aliphatic heterocycles. The number of pyridine rings is 1. The third kappa shape index (κ3) is 5.76. The second kappa shape index (κ2) is 10.0. The molecule has 0 radical (unpaired) electrons. The molecule has 0 spiro atoms. The molecule has 0 atom stereocenters. The van der Waals surface area contributed by atoms with Gasteiger partial charge in [0.1, 0.15) is 0 Å². The Hall–Kier alpha value is -2.46. The first kappa shape index (κ1) is 19.3. The second-order valence-corrected chi connectivity index (χ2v) is 6.90. The van der Waals surface area contributed by atoms with Gasteiger partial charge in [-0.1, -0.05) is 50.1 Å². The molecule has 0 N–H and O–H groups in total. The maximum absolute atomic E-state index is 12.2. The number of rotatable bonds is 7. The summed E-state index contributed by atoms with van der Waals surface area (Å²) in [6, 6.07) is 12.4. The van der Waals surface area contributed by atoms with E-state index < -0.39 is 0 Å². The van der Waals surface area contributed by atoms with Crippen molar-refractivity contribution in [3.8, 4) is 11.3 Å². The first-order valence-electron chi connectivity index (χ1n) is 9.86. The van der Waals surface area contributed by atoms with Crippen molar-refractivity contribution in [2.45, 2.75) is 32.6 Å². The van der Waals surface area contributed by atoms with Crippen molar-refractivity contribution in [1.82, 2.24) is 9.88 Å². The summed E-state index contributed by atoms with van der Waals surface area (Å²) < 4.78 is 5.28. The van der Waals surface area contributed by atoms with Crippen LogP contribution in [-0.2, 0) is 16.0 Å². The number of carbonyl (C=O) groups is 1. The Morgan fingerprint density at radius 1 is 1.11 bits per heavy atom. The molecule has 27 heavy (non-hydrogen) atoms. The molecule has 142 valence electrons. The zero-order valence-corrected chi connectivity index (χ0v) is 16.1. The number of hydrogen-bond donors (Lipinski definition) is 0. The lowest BCUT2D eigenvalue weighted by Gasteiger charge is -2.25. The molecule has 0 aliphatic carbocycles. The van der Waals surface area contributed by atoms with E-state index in [1.54, 1.807) is 6.08 Å². The Morgan fingerprint density at radius 3 is 2.56 bits per heavy atom. The summed E-state index contributed by atoms with van der Waals surface area (Å²) in [7, 11) is 0. The Morgan fingerprint density at radius 2 is 1.89 bits per heavy atom. The lowest BCUT2D eigenvalue weighted by Crippen LogP contribution is -2.39. The molecule has 1 saturated heterocycles. The Bertz CT molecular complexity index is 745. The smallest absolute Gasteiger partial charge is 0.246 e. The molecule has 4 nitrogen and oxygen atoms in total. The number of amides is 1. The van der Waals surface area contributed by atoms with Crippen LogP contribution in [0.4, 0.5) is 0 Å². The summed E-state index contributed by atoms with van der Waals surface area (Å²) in [6.07, 6.45) is 10.3. The molecule has 3 rings (SSSR count). The van der Waals surface area contributed by atoms with Gasteiger partial charge in [0.05, 0.1) is 18.9 Å². The minimum Gasteiger partial charge on any atom is -0.378 e. The van der Waals surface area contributed by atoms with Crippen LogP contribution >= 0.6 is 0 Å². The Labute approximate surface area is 161 Å². The van der Waals surface area contributed by atoms with Gasteiger partial charge in [0.15, 0.2) is 0 Å². The number of nitrogens with zero attached hydrogens (tertiary/aromatic N) is 2. The molecule has 1 aliphatic rings. The van der Waals surface area contributed by atoms with Crippen molar-refractivity contribution in [3.63, 3.8) is 0 Å². The fourth-order valence-corrected chi connectivity index (χ4v) is 3.14. The van der Waals surface area contributed by atoms with Gasteiger partial charge < -0.3 is 9.64 Å². The van der Waals surface area contributed by atoms with Gasteiger partial charge in [0.2, 0.25) is 5.91 Å². The Kier molecular flexibility index (Phi) is 7.17. The predicted molar refractivity (Wildman–Crippen MR) is 109 cm³/mol. The van der Waals surface area contributed by atoms with Crippen molar-refractivity contribution in [2.75, 3.05) is 26.3 Å². The predicted octanol–water partition coefficient (Wildman–Crippen LogP) is 4.35. The number of morpholine rings is 1. The Balaban J connectivity index is 1.58. The average molecular weight is 364 g/mol. The summed E-state index contributed by atoms with van der Waals surface area (Å²) in [4.78, 5) is 18.6. The minimum absolute atomic E-state index is 0.0442. The number of carbonyl (C=O) groups excluding carboxylic acids is 1. The van der Waals surface area contributed by atoms with E-state index in [0.29, 0.717) is 26.3 Å². The fourth-order valence-electron chi connectivity index (χ4n) is 3.14. The van der Waals surface area contributed by atoms with Crippen LogP contribution in [0.25, 0.3) is 17.3 Å². The van der Waals surface area contributed by atoms with Gasteiger partial charge in [-0.15, -0.1) is 0 Å². The SMILES string of the molecule is CCCCCc1ccc(-c2ccc(/C=C/C(=O)N3CCOCC3)cc2)nc1. The summed E-state index contributed by atoms with van der Waals surface area (Å²) in [5.74, 6) is 0.0442. The van der Waals surface area contributed by atoms with E-state index in [9.17, 15) is 4.79 Å². The van der Waals surface area contributed by atoms with Crippen LogP contribution in [0.1, 0.15) is 37.3 Å². The van der Waals surface area contributed by atoms with Crippen LogP contribution in [0.2, 0.25) is 0 Å². The molecule has 4 heteroatoms. The van der Waals surface area contributed by atoms with E-state index in [1.165, 1.54) is 24.8 Å². The zero-order valence-electron chi connectivity index (χ0n) is 16.1. The molecule has 1 aromatic heterocycles. The number of unbranched alkanes of at least 4 members (excludes halogenated alkanes) is 2. The highest BCUT2D eigenvalue weighted by atomic mass is 16.5. The highest BCUT2D eigenvalue weighted by Crippen LogP contribution is 2.19. The number of aryl methyl sites for hydroxylation is 1. The molecule has 0 saturated carbocycles. The van der Waals surface area contributed by atoms with Crippen molar-refractivity contribution >= 4 is 12.0 Å². The normalized spacial score (nSPS) is 14.6. The largest absolute Gasteiger partial charge is 0.378 e. The zero-order chi connectivity index (χ0) is 18.9. The molecule has 2 heterocycles. The third-order valence-corrected chi connectivity index (χ3v) is 4.84. The third-order valence-electron chi connectivity index (χ3n) is 4.84. The lowest BCUT2D eigenvalue weighted by atomic mass is 10.1. The number of hydrogen-bond acceptors (Lipinski definition) is 3. The summed E-state index contributed by atoms with van der Waals surface area (Å²) in [6.45, 7) is 4.81. The maximum Gasteiger partial charge on any atom is 0.246 e. The van der Waals surface area contributed by atoms with Gasteiger partial charge >= 0.3 is 0 Å². The van der Waals surface area contributed by atoms with Gasteiger partial charge in [-0.05, 0) is 36.1 Å². The van der Waals surface area contributed by atoms with E-state index in [0.717, 1.165) is 23.2 Å². The van der Waals surface area contributed by atoms with Crippen LogP contribution in [0.15, 0.2) is 48.7 Å². The van der Waals surface area contributed by atoms with Crippen LogP contribution in [-0.4, -0.2) is 42.1 Å². The summed E-state index contributed by atoms with van der Waals surface area (Å²) >= 11 is 0. The van der Waals surface area contributed by atoms with E-state index in [4.69, 9.17) is 4.74 Å². The molecule has 0 unspecified atom stereocenters.